The van der Waals surface area contributed by atoms with Crippen molar-refractivity contribution in [2.45, 2.75) is 32.9 Å². The van der Waals surface area contributed by atoms with Gasteiger partial charge in [-0.3, -0.25) is 4.79 Å². The minimum atomic E-state index is -0.472. The first kappa shape index (κ1) is 19.5. The van der Waals surface area contributed by atoms with E-state index in [0.717, 1.165) is 4.68 Å². The number of amides is 1. The lowest BCUT2D eigenvalue weighted by Crippen LogP contribution is -2.43. The molecule has 0 saturated carbocycles. The number of pyridine rings is 1. The summed E-state index contributed by atoms with van der Waals surface area (Å²) in [5.74, 6) is -0.422. The molecule has 1 amide bonds. The summed E-state index contributed by atoms with van der Waals surface area (Å²) in [7, 11) is 0. The van der Waals surface area contributed by atoms with Crippen molar-refractivity contribution in [3.05, 3.63) is 58.9 Å². The predicted molar refractivity (Wildman–Crippen MR) is 106 cm³/mol. The monoisotopic (exact) mass is 410 g/mol. The molecule has 30 heavy (non-hydrogen) atoms. The molecule has 0 spiro atoms. The molecule has 0 aliphatic rings. The fourth-order valence-corrected chi connectivity index (χ4v) is 2.98. The fourth-order valence-electron chi connectivity index (χ4n) is 2.98. The van der Waals surface area contributed by atoms with Crippen LogP contribution in [0, 0.1) is 5.82 Å². The number of carbonyl (C=O) groups excluding carboxylic acids is 1. The summed E-state index contributed by atoms with van der Waals surface area (Å²) in [5, 5.41) is 11.0. The molecule has 4 aromatic rings. The van der Waals surface area contributed by atoms with Crippen LogP contribution >= 0.6 is 0 Å². The van der Waals surface area contributed by atoms with E-state index in [2.05, 4.69) is 20.6 Å². The van der Waals surface area contributed by atoms with Gasteiger partial charge in [-0.1, -0.05) is 17.3 Å². The van der Waals surface area contributed by atoms with E-state index < -0.39 is 17.0 Å². The van der Waals surface area contributed by atoms with Crippen molar-refractivity contribution in [1.82, 2.24) is 29.6 Å². The molecule has 154 valence electrons. The van der Waals surface area contributed by atoms with Crippen LogP contribution in [0.1, 0.15) is 20.8 Å². The zero-order chi connectivity index (χ0) is 21.5. The van der Waals surface area contributed by atoms with Crippen molar-refractivity contribution < 1.29 is 13.7 Å². The van der Waals surface area contributed by atoms with E-state index in [9.17, 15) is 14.0 Å². The van der Waals surface area contributed by atoms with Crippen molar-refractivity contribution >= 4 is 11.6 Å². The molecule has 0 aliphatic heterocycles. The topological polar surface area (TPSA) is 107 Å². The molecule has 0 aliphatic carbocycles. The van der Waals surface area contributed by atoms with Crippen LogP contribution in [0.4, 0.5) is 4.39 Å². The summed E-state index contributed by atoms with van der Waals surface area (Å²) in [6, 6.07) is 9.13. The molecule has 0 fully saturated rings. The van der Waals surface area contributed by atoms with Crippen LogP contribution < -0.4 is 11.0 Å². The highest BCUT2D eigenvalue weighted by molar-refractivity contribution is 5.77. The Balaban J connectivity index is 1.71. The van der Waals surface area contributed by atoms with Gasteiger partial charge in [-0.15, -0.1) is 5.10 Å². The Hall–Kier alpha value is -3.82. The molecule has 0 unspecified atom stereocenters. The second-order valence-corrected chi connectivity index (χ2v) is 7.79. The van der Waals surface area contributed by atoms with Gasteiger partial charge in [-0.05, 0) is 45.0 Å². The molecular formula is C20H19FN6O3. The van der Waals surface area contributed by atoms with Crippen molar-refractivity contribution in [2.24, 2.45) is 0 Å². The smallest absolute Gasteiger partial charge is 0.350 e. The molecule has 0 atom stereocenters. The zero-order valence-corrected chi connectivity index (χ0v) is 16.6. The summed E-state index contributed by atoms with van der Waals surface area (Å²) in [4.78, 5) is 29.2. The van der Waals surface area contributed by atoms with Gasteiger partial charge in [-0.25, -0.2) is 18.3 Å². The zero-order valence-electron chi connectivity index (χ0n) is 16.6. The predicted octanol–water partition coefficient (Wildman–Crippen LogP) is 2.27. The standard InChI is InChI=1S/C20H19FN6O3/c1-20(2,3)23-15(28)11-27-19(29)26-9-5-8-14(17(26)24-27)18-22-16(25-30-18)12-6-4-7-13(21)10-12/h4-10H,11H2,1-3H3,(H,23,28). The highest BCUT2D eigenvalue weighted by Gasteiger charge is 2.20. The third kappa shape index (κ3) is 3.84. The van der Waals surface area contributed by atoms with Gasteiger partial charge in [0.2, 0.25) is 11.7 Å². The third-order valence-corrected chi connectivity index (χ3v) is 4.16. The summed E-state index contributed by atoms with van der Waals surface area (Å²) >= 11 is 0. The minimum absolute atomic E-state index is 0.121. The second-order valence-electron chi connectivity index (χ2n) is 7.79. The van der Waals surface area contributed by atoms with Gasteiger partial charge in [0.15, 0.2) is 5.65 Å². The summed E-state index contributed by atoms with van der Waals surface area (Å²) in [6.07, 6.45) is 1.54. The Morgan fingerprint density at radius 1 is 1.23 bits per heavy atom. The van der Waals surface area contributed by atoms with E-state index >= 15 is 0 Å². The maximum absolute atomic E-state index is 13.5. The average molecular weight is 410 g/mol. The van der Waals surface area contributed by atoms with Gasteiger partial charge in [-0.2, -0.15) is 4.98 Å². The lowest BCUT2D eigenvalue weighted by atomic mass is 10.1. The first-order valence-electron chi connectivity index (χ1n) is 9.20. The van der Waals surface area contributed by atoms with E-state index in [1.807, 2.05) is 20.8 Å². The normalized spacial score (nSPS) is 11.7. The van der Waals surface area contributed by atoms with Crippen molar-refractivity contribution in [3.8, 4) is 22.8 Å². The lowest BCUT2D eigenvalue weighted by Gasteiger charge is -2.20. The van der Waals surface area contributed by atoms with E-state index in [1.54, 1.807) is 24.3 Å². The first-order valence-corrected chi connectivity index (χ1v) is 9.20. The number of hydrogen-bond donors (Lipinski definition) is 1. The molecule has 0 radical (unpaired) electrons. The first-order chi connectivity index (χ1) is 14.2. The van der Waals surface area contributed by atoms with E-state index in [-0.39, 0.29) is 29.8 Å². The fraction of sp³-hybridized carbons (Fsp3) is 0.250. The molecule has 3 heterocycles. The molecule has 4 rings (SSSR count). The van der Waals surface area contributed by atoms with Gasteiger partial charge in [0.1, 0.15) is 12.4 Å². The Morgan fingerprint density at radius 3 is 2.77 bits per heavy atom. The SMILES string of the molecule is CC(C)(C)NC(=O)Cn1nc2c(-c3nc(-c4cccc(F)c4)no3)cccn2c1=O. The Morgan fingerprint density at radius 2 is 2.03 bits per heavy atom. The molecule has 0 saturated heterocycles. The number of aromatic nitrogens is 5. The Bertz CT molecular complexity index is 1300. The second kappa shape index (κ2) is 7.21. The minimum Gasteiger partial charge on any atom is -0.350 e. The van der Waals surface area contributed by atoms with Crippen LogP contribution in [-0.4, -0.2) is 35.8 Å². The van der Waals surface area contributed by atoms with Crippen LogP contribution in [0.15, 0.2) is 51.9 Å². The van der Waals surface area contributed by atoms with Crippen molar-refractivity contribution in [3.63, 3.8) is 0 Å². The Kier molecular flexibility index (Phi) is 4.69. The van der Waals surface area contributed by atoms with E-state index in [0.29, 0.717) is 11.1 Å². The van der Waals surface area contributed by atoms with Crippen LogP contribution in [0.2, 0.25) is 0 Å². The molecule has 10 heteroatoms. The van der Waals surface area contributed by atoms with E-state index in [4.69, 9.17) is 4.52 Å². The molecule has 0 bridgehead atoms. The molecule has 1 aromatic carbocycles. The van der Waals surface area contributed by atoms with Crippen molar-refractivity contribution in [1.29, 1.82) is 0 Å². The highest BCUT2D eigenvalue weighted by Crippen LogP contribution is 2.24. The number of rotatable bonds is 4. The number of benzene rings is 1. The van der Waals surface area contributed by atoms with E-state index in [1.165, 1.54) is 22.7 Å². The molecule has 1 N–H and O–H groups in total. The highest BCUT2D eigenvalue weighted by atomic mass is 19.1. The summed E-state index contributed by atoms with van der Waals surface area (Å²) in [5.41, 5.74) is 0.238. The van der Waals surface area contributed by atoms with Gasteiger partial charge in [0.05, 0.1) is 5.56 Å². The number of fused-ring (bicyclic) bond motifs is 1. The number of carbonyl (C=O) groups is 1. The molecule has 9 nitrogen and oxygen atoms in total. The number of nitrogens with one attached hydrogen (secondary N) is 1. The lowest BCUT2D eigenvalue weighted by molar-refractivity contribution is -0.123. The van der Waals surface area contributed by atoms with Gasteiger partial charge < -0.3 is 9.84 Å². The number of nitrogens with zero attached hydrogens (tertiary/aromatic N) is 5. The van der Waals surface area contributed by atoms with Crippen molar-refractivity contribution in [2.75, 3.05) is 0 Å². The number of hydrogen-bond acceptors (Lipinski definition) is 6. The quantitative estimate of drug-likeness (QED) is 0.553. The summed E-state index contributed by atoms with van der Waals surface area (Å²) in [6.45, 7) is 5.32. The molecule has 3 aromatic heterocycles. The summed E-state index contributed by atoms with van der Waals surface area (Å²) < 4.78 is 21.2. The van der Waals surface area contributed by atoms with Gasteiger partial charge >= 0.3 is 5.69 Å². The number of halogens is 1. The molecular weight excluding hydrogens is 391 g/mol. The third-order valence-electron chi connectivity index (χ3n) is 4.16. The average Bonchev–Trinajstić information content (AvgIpc) is 3.26. The maximum Gasteiger partial charge on any atom is 0.350 e. The van der Waals surface area contributed by atoms with Gasteiger partial charge in [0.25, 0.3) is 5.89 Å². The van der Waals surface area contributed by atoms with Gasteiger partial charge in [0, 0.05) is 17.3 Å². The van der Waals surface area contributed by atoms with Crippen LogP contribution in [0.5, 0.6) is 0 Å². The Labute approximate surface area is 170 Å². The van der Waals surface area contributed by atoms with Crippen LogP contribution in [0.25, 0.3) is 28.5 Å². The largest absolute Gasteiger partial charge is 0.350 e. The maximum atomic E-state index is 13.5. The van der Waals surface area contributed by atoms with Crippen LogP contribution in [0.3, 0.4) is 0 Å². The van der Waals surface area contributed by atoms with Crippen LogP contribution in [-0.2, 0) is 11.3 Å².